The number of alkyl halides is 2. The lowest BCUT2D eigenvalue weighted by atomic mass is 9.79. The number of fused-ring (bicyclic) bond motifs is 1. The zero-order chi connectivity index (χ0) is 18.4. The lowest BCUT2D eigenvalue weighted by Gasteiger charge is -2.33. The summed E-state index contributed by atoms with van der Waals surface area (Å²) in [6.07, 6.45) is -0.647. The second-order valence-corrected chi connectivity index (χ2v) is 7.83. The molecule has 4 atom stereocenters. The van der Waals surface area contributed by atoms with E-state index in [0.717, 1.165) is 13.1 Å². The van der Waals surface area contributed by atoms with Crippen LogP contribution >= 0.6 is 0 Å². The lowest BCUT2D eigenvalue weighted by molar-refractivity contribution is -0.148. The van der Waals surface area contributed by atoms with Crippen molar-refractivity contribution in [2.24, 2.45) is 17.8 Å². The van der Waals surface area contributed by atoms with Crippen LogP contribution in [-0.2, 0) is 10.4 Å². The third kappa shape index (κ3) is 3.12. The maximum absolute atomic E-state index is 13.7. The van der Waals surface area contributed by atoms with Crippen LogP contribution in [0.25, 0.3) is 0 Å². The van der Waals surface area contributed by atoms with E-state index in [0.29, 0.717) is 23.4 Å². The number of carbonyl (C=O) groups excluding carboxylic acids is 1. The van der Waals surface area contributed by atoms with Gasteiger partial charge < -0.3 is 15.7 Å². The molecule has 0 spiro atoms. The van der Waals surface area contributed by atoms with Crippen LogP contribution in [0.2, 0.25) is 0 Å². The summed E-state index contributed by atoms with van der Waals surface area (Å²) in [5, 5.41) is 20.6. The summed E-state index contributed by atoms with van der Waals surface area (Å²) in [7, 11) is 0. The first-order chi connectivity index (χ1) is 12.4. The molecule has 2 saturated carbocycles. The number of amides is 1. The molecule has 1 aromatic carbocycles. The Labute approximate surface area is 151 Å². The van der Waals surface area contributed by atoms with Gasteiger partial charge >= 0.3 is 0 Å². The Hall–Kier alpha value is -1.57. The Kier molecular flexibility index (Phi) is 4.49. The summed E-state index contributed by atoms with van der Waals surface area (Å²) in [5.41, 5.74) is -1.57. The van der Waals surface area contributed by atoms with Gasteiger partial charge in [0.15, 0.2) is 5.60 Å². The van der Waals surface area contributed by atoms with E-state index in [9.17, 15) is 18.7 Å². The molecule has 142 valence electrons. The molecule has 4 unspecified atom stereocenters. The number of benzene rings is 1. The van der Waals surface area contributed by atoms with Crippen LogP contribution in [-0.4, -0.2) is 42.7 Å². The third-order valence-corrected chi connectivity index (χ3v) is 6.23. The highest BCUT2D eigenvalue weighted by atomic mass is 19.3. The number of hydrogen-bond acceptors (Lipinski definition) is 4. The second-order valence-electron chi connectivity index (χ2n) is 7.83. The van der Waals surface area contributed by atoms with Gasteiger partial charge in [0, 0.05) is 24.8 Å². The molecule has 4 rings (SSSR count). The van der Waals surface area contributed by atoms with Crippen molar-refractivity contribution in [2.75, 3.05) is 19.8 Å². The monoisotopic (exact) mass is 365 g/mol. The van der Waals surface area contributed by atoms with Crippen LogP contribution in [0, 0.1) is 17.8 Å². The fourth-order valence-electron chi connectivity index (χ4n) is 4.66. The van der Waals surface area contributed by atoms with E-state index in [1.165, 1.54) is 0 Å². The highest BCUT2D eigenvalue weighted by molar-refractivity contribution is 5.86. The van der Waals surface area contributed by atoms with Gasteiger partial charge in [-0.15, -0.1) is 0 Å². The maximum atomic E-state index is 13.7. The largest absolute Gasteiger partial charge is 0.375 e. The Morgan fingerprint density at radius 1 is 1.27 bits per heavy atom. The average Bonchev–Trinajstić information content (AvgIpc) is 2.98. The van der Waals surface area contributed by atoms with Crippen LogP contribution in [0.5, 0.6) is 0 Å². The molecule has 3 fully saturated rings. The Balaban J connectivity index is 1.44. The van der Waals surface area contributed by atoms with Crippen molar-refractivity contribution in [1.29, 1.82) is 0 Å². The molecule has 0 aromatic heterocycles. The second kappa shape index (κ2) is 6.55. The highest BCUT2D eigenvalue weighted by Gasteiger charge is 2.54. The molecule has 1 saturated heterocycles. The van der Waals surface area contributed by atoms with Crippen molar-refractivity contribution in [3.8, 4) is 0 Å². The van der Waals surface area contributed by atoms with E-state index in [4.69, 9.17) is 0 Å². The predicted octanol–water partition coefficient (Wildman–Crippen LogP) is 1.19. The van der Waals surface area contributed by atoms with Gasteiger partial charge in [0.05, 0.1) is 6.67 Å². The summed E-state index contributed by atoms with van der Waals surface area (Å²) in [6, 6.07) is 8.82. The van der Waals surface area contributed by atoms with Gasteiger partial charge in [-0.3, -0.25) is 10.1 Å². The van der Waals surface area contributed by atoms with Gasteiger partial charge in [-0.2, -0.15) is 0 Å². The Morgan fingerprint density at radius 2 is 1.96 bits per heavy atom. The quantitative estimate of drug-likeness (QED) is 0.572. The topological polar surface area (TPSA) is 73.4 Å². The highest BCUT2D eigenvalue weighted by Crippen LogP contribution is 2.47. The Morgan fingerprint density at radius 3 is 2.58 bits per heavy atom. The average molecular weight is 365 g/mol. The number of piperidine rings is 1. The minimum absolute atomic E-state index is 0.123. The molecule has 1 heterocycles. The molecule has 1 amide bonds. The number of hydrogen-bond donors (Lipinski definition) is 4. The molecule has 4 N–H and O–H groups in total. The van der Waals surface area contributed by atoms with Gasteiger partial charge in [0.1, 0.15) is 0 Å². The lowest BCUT2D eigenvalue weighted by Crippen LogP contribution is -2.51. The van der Waals surface area contributed by atoms with Crippen molar-refractivity contribution in [1.82, 2.24) is 16.0 Å². The van der Waals surface area contributed by atoms with Crippen molar-refractivity contribution in [3.05, 3.63) is 35.9 Å². The number of aliphatic hydroxyl groups is 1. The van der Waals surface area contributed by atoms with Crippen LogP contribution < -0.4 is 16.0 Å². The standard InChI is InChI=1S/C19H25F2N3O2/c20-18(21)7-6-13(8-18)19(26,12-4-2-1-3-5-12)17(25)24-11-23-16-14-9-22-10-15(14)16/h1-5,13-16,22-23,26H,6-11H2,(H,24,25). The van der Waals surface area contributed by atoms with Gasteiger partial charge in [0.25, 0.3) is 5.91 Å². The van der Waals surface area contributed by atoms with E-state index >= 15 is 0 Å². The molecule has 7 heteroatoms. The molecular formula is C19H25F2N3O2. The summed E-state index contributed by atoms with van der Waals surface area (Å²) < 4.78 is 27.5. The number of halogens is 2. The minimum atomic E-state index is -2.83. The van der Waals surface area contributed by atoms with Gasteiger partial charge in [0.2, 0.25) is 5.92 Å². The van der Waals surface area contributed by atoms with Gasteiger partial charge in [-0.1, -0.05) is 30.3 Å². The molecule has 0 radical (unpaired) electrons. The summed E-state index contributed by atoms with van der Waals surface area (Å²) in [4.78, 5) is 12.9. The molecule has 1 aromatic rings. The van der Waals surface area contributed by atoms with Crippen LogP contribution in [0.4, 0.5) is 8.78 Å². The van der Waals surface area contributed by atoms with Crippen molar-refractivity contribution >= 4 is 5.91 Å². The molecule has 2 aliphatic carbocycles. The SMILES string of the molecule is O=C(NCNC1C2CNCC21)C(O)(c1ccccc1)C1CCC(F)(F)C1. The van der Waals surface area contributed by atoms with Crippen LogP contribution in [0.3, 0.4) is 0 Å². The van der Waals surface area contributed by atoms with Crippen LogP contribution in [0.15, 0.2) is 30.3 Å². The zero-order valence-electron chi connectivity index (χ0n) is 14.6. The van der Waals surface area contributed by atoms with Gasteiger partial charge in [-0.25, -0.2) is 8.78 Å². The first kappa shape index (κ1) is 17.8. The first-order valence-electron chi connectivity index (χ1n) is 9.30. The Bertz CT molecular complexity index is 662. The molecule has 1 aliphatic heterocycles. The van der Waals surface area contributed by atoms with E-state index in [1.54, 1.807) is 30.3 Å². The molecule has 26 heavy (non-hydrogen) atoms. The molecule has 3 aliphatic rings. The number of carbonyl (C=O) groups is 1. The summed E-state index contributed by atoms with van der Waals surface area (Å²) in [6.45, 7) is 2.21. The summed E-state index contributed by atoms with van der Waals surface area (Å²) >= 11 is 0. The van der Waals surface area contributed by atoms with E-state index < -0.39 is 29.8 Å². The predicted molar refractivity (Wildman–Crippen MR) is 92.4 cm³/mol. The fourth-order valence-corrected chi connectivity index (χ4v) is 4.66. The zero-order valence-corrected chi connectivity index (χ0v) is 14.6. The van der Waals surface area contributed by atoms with E-state index in [1.807, 2.05) is 0 Å². The van der Waals surface area contributed by atoms with Gasteiger partial charge in [-0.05, 0) is 36.9 Å². The van der Waals surface area contributed by atoms with Crippen LogP contribution in [0.1, 0.15) is 24.8 Å². The van der Waals surface area contributed by atoms with Crippen molar-refractivity contribution in [3.63, 3.8) is 0 Å². The number of nitrogens with one attached hydrogen (secondary N) is 3. The first-order valence-corrected chi connectivity index (χ1v) is 9.30. The fraction of sp³-hybridized carbons (Fsp3) is 0.632. The normalized spacial score (nSPS) is 34.1. The molecular weight excluding hydrogens is 340 g/mol. The van der Waals surface area contributed by atoms with Crippen molar-refractivity contribution in [2.45, 2.75) is 36.8 Å². The third-order valence-electron chi connectivity index (χ3n) is 6.23. The number of rotatable bonds is 6. The van der Waals surface area contributed by atoms with E-state index in [-0.39, 0.29) is 19.5 Å². The smallest absolute Gasteiger partial charge is 0.257 e. The maximum Gasteiger partial charge on any atom is 0.257 e. The molecule has 5 nitrogen and oxygen atoms in total. The summed E-state index contributed by atoms with van der Waals surface area (Å²) in [5.74, 6) is -3.03. The minimum Gasteiger partial charge on any atom is -0.375 e. The van der Waals surface area contributed by atoms with Crippen molar-refractivity contribution < 1.29 is 18.7 Å². The van der Waals surface area contributed by atoms with E-state index in [2.05, 4.69) is 16.0 Å². The molecule has 0 bridgehead atoms.